The minimum atomic E-state index is -1.11. The highest BCUT2D eigenvalue weighted by Crippen LogP contribution is 2.16. The topological polar surface area (TPSA) is 66.6 Å². The number of aliphatic hydroxyl groups excluding tert-OH is 1. The Morgan fingerprint density at radius 1 is 1.39 bits per heavy atom. The summed E-state index contributed by atoms with van der Waals surface area (Å²) in [4.78, 5) is 17.0. The number of carbonyl (C=O) groups excluding carboxylic acids is 1. The number of aliphatic hydroxyl groups is 1. The quantitative estimate of drug-likeness (QED) is 0.749. The van der Waals surface area contributed by atoms with Crippen LogP contribution in [0.2, 0.25) is 0 Å². The number of imidazole rings is 1. The number of fused-ring (bicyclic) bond motifs is 1. The zero-order valence-electron chi connectivity index (χ0n) is 11.9. The lowest BCUT2D eigenvalue weighted by Crippen LogP contribution is -2.29. The standard InChI is InChI=1S/C15H13F2N3O2S/c16-11-2-1-9(5-12(11)17)13(21)7-18-14(22)6-10-8-20-3-4-23-15(20)19-10/h1-5,8,13,21H,6-7H2,(H,18,22)/t13-/m0/s1. The summed E-state index contributed by atoms with van der Waals surface area (Å²) in [5.41, 5.74) is 0.823. The Morgan fingerprint density at radius 3 is 2.96 bits per heavy atom. The van der Waals surface area contributed by atoms with Crippen molar-refractivity contribution in [2.24, 2.45) is 0 Å². The molecular weight excluding hydrogens is 324 g/mol. The predicted octanol–water partition coefficient (Wildman–Crippen LogP) is 2.07. The van der Waals surface area contributed by atoms with Crippen LogP contribution in [0.3, 0.4) is 0 Å². The molecule has 1 amide bonds. The van der Waals surface area contributed by atoms with Crippen LogP contribution in [-0.2, 0) is 11.2 Å². The zero-order valence-corrected chi connectivity index (χ0v) is 12.7. The molecule has 0 aliphatic carbocycles. The van der Waals surface area contributed by atoms with Crippen molar-refractivity contribution in [2.45, 2.75) is 12.5 Å². The fourth-order valence-electron chi connectivity index (χ4n) is 2.14. The molecule has 1 aromatic carbocycles. The first-order valence-corrected chi connectivity index (χ1v) is 7.71. The van der Waals surface area contributed by atoms with Gasteiger partial charge in [0.1, 0.15) is 0 Å². The first-order valence-electron chi connectivity index (χ1n) is 6.83. The molecule has 3 aromatic rings. The summed E-state index contributed by atoms with van der Waals surface area (Å²) in [5.74, 6) is -2.33. The Hall–Kier alpha value is -2.32. The van der Waals surface area contributed by atoms with Crippen molar-refractivity contribution in [3.8, 4) is 0 Å². The van der Waals surface area contributed by atoms with Crippen molar-refractivity contribution >= 4 is 22.2 Å². The van der Waals surface area contributed by atoms with Gasteiger partial charge in [0.05, 0.1) is 18.2 Å². The second-order valence-electron chi connectivity index (χ2n) is 5.00. The van der Waals surface area contributed by atoms with Crippen molar-refractivity contribution in [3.05, 3.63) is 58.9 Å². The van der Waals surface area contributed by atoms with Crippen LogP contribution in [-0.4, -0.2) is 26.9 Å². The van der Waals surface area contributed by atoms with Gasteiger partial charge in [-0.15, -0.1) is 11.3 Å². The van der Waals surface area contributed by atoms with Gasteiger partial charge in [0.25, 0.3) is 0 Å². The van der Waals surface area contributed by atoms with Crippen LogP contribution in [0.1, 0.15) is 17.4 Å². The second-order valence-corrected chi connectivity index (χ2v) is 5.87. The smallest absolute Gasteiger partial charge is 0.226 e. The SMILES string of the molecule is O=C(Cc1cn2ccsc2n1)NC[C@H](O)c1ccc(F)c(F)c1. The van der Waals surface area contributed by atoms with E-state index in [0.717, 1.165) is 17.1 Å². The van der Waals surface area contributed by atoms with E-state index in [-0.39, 0.29) is 24.4 Å². The number of benzene rings is 1. The van der Waals surface area contributed by atoms with Crippen LogP contribution in [0.4, 0.5) is 8.78 Å². The number of hydrogen-bond donors (Lipinski definition) is 2. The van der Waals surface area contributed by atoms with Gasteiger partial charge in [-0.2, -0.15) is 0 Å². The Bertz CT molecular complexity index is 818. The molecule has 3 rings (SSSR count). The lowest BCUT2D eigenvalue weighted by molar-refractivity contribution is -0.120. The molecule has 0 aliphatic rings. The summed E-state index contributed by atoms with van der Waals surface area (Å²) in [7, 11) is 0. The molecule has 0 saturated carbocycles. The van der Waals surface area contributed by atoms with Crippen molar-refractivity contribution in [2.75, 3.05) is 6.54 Å². The summed E-state index contributed by atoms with van der Waals surface area (Å²) in [5, 5.41) is 14.4. The summed E-state index contributed by atoms with van der Waals surface area (Å²) in [6.07, 6.45) is 2.58. The number of nitrogens with zero attached hydrogens (tertiary/aromatic N) is 2. The zero-order chi connectivity index (χ0) is 16.4. The van der Waals surface area contributed by atoms with Gasteiger partial charge >= 0.3 is 0 Å². The van der Waals surface area contributed by atoms with Crippen LogP contribution in [0, 0.1) is 11.6 Å². The van der Waals surface area contributed by atoms with E-state index in [1.165, 1.54) is 17.4 Å². The number of aromatic nitrogens is 2. The van der Waals surface area contributed by atoms with Crippen molar-refractivity contribution in [1.29, 1.82) is 0 Å². The monoisotopic (exact) mass is 337 g/mol. The Balaban J connectivity index is 1.55. The van der Waals surface area contributed by atoms with E-state index in [4.69, 9.17) is 0 Å². The molecule has 1 atom stereocenters. The van der Waals surface area contributed by atoms with Gasteiger partial charge in [-0.3, -0.25) is 9.20 Å². The van der Waals surface area contributed by atoms with E-state index in [9.17, 15) is 18.7 Å². The molecule has 2 heterocycles. The molecule has 0 radical (unpaired) electrons. The van der Waals surface area contributed by atoms with E-state index in [2.05, 4.69) is 10.3 Å². The highest BCUT2D eigenvalue weighted by atomic mass is 32.1. The minimum absolute atomic E-state index is 0.0822. The van der Waals surface area contributed by atoms with E-state index in [0.29, 0.717) is 5.69 Å². The highest BCUT2D eigenvalue weighted by molar-refractivity contribution is 7.15. The van der Waals surface area contributed by atoms with Gasteiger partial charge in [0.2, 0.25) is 5.91 Å². The molecule has 0 fully saturated rings. The third-order valence-corrected chi connectivity index (χ3v) is 4.08. The number of rotatable bonds is 5. The first kappa shape index (κ1) is 15.6. The molecule has 23 heavy (non-hydrogen) atoms. The lowest BCUT2D eigenvalue weighted by Gasteiger charge is -2.12. The Labute approximate surface area is 134 Å². The predicted molar refractivity (Wildman–Crippen MR) is 81.1 cm³/mol. The Kier molecular flexibility index (Phi) is 4.35. The molecular formula is C15H13F2N3O2S. The van der Waals surface area contributed by atoms with E-state index < -0.39 is 17.7 Å². The first-order chi connectivity index (χ1) is 11.0. The molecule has 0 aliphatic heterocycles. The maximum absolute atomic E-state index is 13.1. The molecule has 2 aromatic heterocycles. The van der Waals surface area contributed by atoms with Crippen LogP contribution < -0.4 is 5.32 Å². The third kappa shape index (κ3) is 3.54. The summed E-state index contributed by atoms with van der Waals surface area (Å²) in [6, 6.07) is 3.13. The normalized spacial score (nSPS) is 12.5. The number of thiazole rings is 1. The van der Waals surface area contributed by atoms with E-state index in [1.807, 2.05) is 16.0 Å². The molecule has 0 unspecified atom stereocenters. The summed E-state index contributed by atoms with van der Waals surface area (Å²) in [6.45, 7) is -0.0911. The van der Waals surface area contributed by atoms with Crippen molar-refractivity contribution < 1.29 is 18.7 Å². The largest absolute Gasteiger partial charge is 0.387 e. The van der Waals surface area contributed by atoms with Gasteiger partial charge in [0.15, 0.2) is 16.6 Å². The van der Waals surface area contributed by atoms with Gasteiger partial charge in [-0.25, -0.2) is 13.8 Å². The van der Waals surface area contributed by atoms with Gasteiger partial charge in [0, 0.05) is 24.3 Å². The molecule has 8 heteroatoms. The van der Waals surface area contributed by atoms with Gasteiger partial charge < -0.3 is 10.4 Å². The number of amides is 1. The highest BCUT2D eigenvalue weighted by Gasteiger charge is 2.13. The number of nitrogens with one attached hydrogen (secondary N) is 1. The number of carbonyl (C=O) groups is 1. The molecule has 2 N–H and O–H groups in total. The van der Waals surface area contributed by atoms with Crippen LogP contribution >= 0.6 is 11.3 Å². The van der Waals surface area contributed by atoms with Gasteiger partial charge in [-0.05, 0) is 17.7 Å². The molecule has 0 saturated heterocycles. The van der Waals surface area contributed by atoms with Crippen LogP contribution in [0.15, 0.2) is 36.0 Å². The average Bonchev–Trinajstić information content (AvgIpc) is 3.08. The summed E-state index contributed by atoms with van der Waals surface area (Å²) < 4.78 is 27.8. The molecule has 120 valence electrons. The lowest BCUT2D eigenvalue weighted by atomic mass is 10.1. The van der Waals surface area contributed by atoms with E-state index >= 15 is 0 Å². The maximum Gasteiger partial charge on any atom is 0.226 e. The number of hydrogen-bond acceptors (Lipinski definition) is 4. The van der Waals surface area contributed by atoms with Crippen molar-refractivity contribution in [1.82, 2.24) is 14.7 Å². The number of halogens is 2. The third-order valence-electron chi connectivity index (χ3n) is 3.31. The Morgan fingerprint density at radius 2 is 2.22 bits per heavy atom. The van der Waals surface area contributed by atoms with Crippen LogP contribution in [0.5, 0.6) is 0 Å². The van der Waals surface area contributed by atoms with Gasteiger partial charge in [-0.1, -0.05) is 6.07 Å². The fourth-order valence-corrected chi connectivity index (χ4v) is 2.86. The van der Waals surface area contributed by atoms with Crippen LogP contribution in [0.25, 0.3) is 4.96 Å². The van der Waals surface area contributed by atoms with Crippen molar-refractivity contribution in [3.63, 3.8) is 0 Å². The maximum atomic E-state index is 13.1. The summed E-state index contributed by atoms with van der Waals surface area (Å²) >= 11 is 1.47. The molecule has 5 nitrogen and oxygen atoms in total. The fraction of sp³-hybridized carbons (Fsp3) is 0.200. The second kappa shape index (κ2) is 6.43. The van der Waals surface area contributed by atoms with E-state index in [1.54, 1.807) is 6.20 Å². The molecule has 0 spiro atoms. The minimum Gasteiger partial charge on any atom is -0.387 e. The average molecular weight is 337 g/mol. The molecule has 0 bridgehead atoms.